The molecule has 1 aliphatic rings. The third-order valence-electron chi connectivity index (χ3n) is 5.22. The Balaban J connectivity index is 1.60. The first-order valence-corrected chi connectivity index (χ1v) is 9.58. The van der Waals surface area contributed by atoms with Gasteiger partial charge >= 0.3 is 0 Å². The first-order chi connectivity index (χ1) is 13.5. The third-order valence-corrected chi connectivity index (χ3v) is 5.22. The van der Waals surface area contributed by atoms with Gasteiger partial charge in [-0.1, -0.05) is 0 Å². The van der Waals surface area contributed by atoms with Gasteiger partial charge in [-0.2, -0.15) is 0 Å². The number of benzene rings is 2. The number of H-pyrrole nitrogens is 1. The molecule has 3 aromatic rings. The van der Waals surface area contributed by atoms with Crippen LogP contribution >= 0.6 is 0 Å². The van der Waals surface area contributed by atoms with E-state index in [1.165, 1.54) is 6.42 Å². The van der Waals surface area contributed by atoms with Gasteiger partial charge in [0.25, 0.3) is 5.91 Å². The van der Waals surface area contributed by atoms with Gasteiger partial charge in [0.05, 0.1) is 17.0 Å². The number of piperidine rings is 1. The molecule has 6 nitrogen and oxygen atoms in total. The van der Waals surface area contributed by atoms with Crippen LogP contribution in [0.3, 0.4) is 0 Å². The fourth-order valence-electron chi connectivity index (χ4n) is 3.77. The third kappa shape index (κ3) is 3.45. The number of amides is 1. The smallest absolute Gasteiger partial charge is 0.253 e. The van der Waals surface area contributed by atoms with Crippen LogP contribution in [0.2, 0.25) is 0 Å². The summed E-state index contributed by atoms with van der Waals surface area (Å²) < 4.78 is 0. The Labute approximate surface area is 163 Å². The number of likely N-dealkylation sites (tertiary alicyclic amines) is 1. The molecule has 0 aliphatic carbocycles. The van der Waals surface area contributed by atoms with Crippen molar-refractivity contribution in [3.63, 3.8) is 0 Å². The van der Waals surface area contributed by atoms with E-state index in [-0.39, 0.29) is 11.8 Å². The number of aliphatic imine (C=N–C) groups is 1. The largest absolute Gasteiger partial charge is 0.494 e. The summed E-state index contributed by atoms with van der Waals surface area (Å²) in [4.78, 5) is 22.1. The van der Waals surface area contributed by atoms with Crippen LogP contribution in [0.25, 0.3) is 10.9 Å². The van der Waals surface area contributed by atoms with E-state index in [2.05, 4.69) is 9.98 Å². The number of nitrogens with zero attached hydrogens (tertiary/aromatic N) is 2. The highest BCUT2D eigenvalue weighted by molar-refractivity contribution is 6.13. The lowest BCUT2D eigenvalue weighted by molar-refractivity contribution is 0.0724. The summed E-state index contributed by atoms with van der Waals surface area (Å²) in [5, 5.41) is 11.1. The maximum Gasteiger partial charge on any atom is 0.253 e. The lowest BCUT2D eigenvalue weighted by Crippen LogP contribution is -2.35. The van der Waals surface area contributed by atoms with E-state index >= 15 is 0 Å². The van der Waals surface area contributed by atoms with Crippen molar-refractivity contribution in [2.24, 2.45) is 4.99 Å². The van der Waals surface area contributed by atoms with Crippen LogP contribution in [0.1, 0.15) is 42.1 Å². The van der Waals surface area contributed by atoms with Crippen LogP contribution in [-0.4, -0.2) is 39.7 Å². The maximum atomic E-state index is 12.6. The number of nitrogen functional groups attached to an aromatic ring is 1. The van der Waals surface area contributed by atoms with Crippen LogP contribution in [0.15, 0.2) is 47.5 Å². The molecule has 0 unspecified atom stereocenters. The number of hydrogen-bond acceptors (Lipinski definition) is 4. The Morgan fingerprint density at radius 2 is 1.82 bits per heavy atom. The number of aromatic nitrogens is 1. The summed E-state index contributed by atoms with van der Waals surface area (Å²) in [7, 11) is 0. The number of aromatic amines is 1. The second-order valence-corrected chi connectivity index (χ2v) is 7.25. The maximum absolute atomic E-state index is 12.6. The van der Waals surface area contributed by atoms with Gasteiger partial charge in [-0.15, -0.1) is 0 Å². The second-order valence-electron chi connectivity index (χ2n) is 7.25. The number of nitrogens with one attached hydrogen (secondary N) is 1. The minimum Gasteiger partial charge on any atom is -0.494 e. The van der Waals surface area contributed by atoms with E-state index in [0.29, 0.717) is 22.5 Å². The first-order valence-electron chi connectivity index (χ1n) is 9.58. The van der Waals surface area contributed by atoms with Crippen molar-refractivity contribution in [1.82, 2.24) is 9.88 Å². The van der Waals surface area contributed by atoms with Gasteiger partial charge < -0.3 is 20.7 Å². The van der Waals surface area contributed by atoms with Gasteiger partial charge in [0, 0.05) is 35.2 Å². The van der Waals surface area contributed by atoms with E-state index in [1.54, 1.807) is 6.07 Å². The molecule has 0 spiro atoms. The summed E-state index contributed by atoms with van der Waals surface area (Å²) >= 11 is 0. The number of aromatic hydroxyl groups is 1. The zero-order valence-electron chi connectivity index (χ0n) is 15.9. The molecule has 1 saturated heterocycles. The highest BCUT2D eigenvalue weighted by atomic mass is 16.3. The van der Waals surface area contributed by atoms with Gasteiger partial charge in [0.2, 0.25) is 0 Å². The van der Waals surface area contributed by atoms with Crippen LogP contribution < -0.4 is 5.73 Å². The Kier molecular flexibility index (Phi) is 4.77. The molecule has 2 heterocycles. The van der Waals surface area contributed by atoms with Crippen molar-refractivity contribution < 1.29 is 9.90 Å². The Morgan fingerprint density at radius 1 is 1.11 bits per heavy atom. The van der Waals surface area contributed by atoms with E-state index in [4.69, 9.17) is 5.73 Å². The van der Waals surface area contributed by atoms with Crippen molar-refractivity contribution in [3.05, 3.63) is 53.6 Å². The monoisotopic (exact) mass is 376 g/mol. The number of anilines is 1. The molecule has 144 valence electrons. The molecule has 0 radical (unpaired) electrons. The summed E-state index contributed by atoms with van der Waals surface area (Å²) in [5.74, 6) is 0.149. The van der Waals surface area contributed by atoms with Gasteiger partial charge in [-0.25, -0.2) is 0 Å². The van der Waals surface area contributed by atoms with Gasteiger partial charge in [0.15, 0.2) is 5.88 Å². The van der Waals surface area contributed by atoms with Crippen molar-refractivity contribution in [2.75, 3.05) is 18.8 Å². The van der Waals surface area contributed by atoms with Crippen molar-refractivity contribution in [2.45, 2.75) is 26.2 Å². The Hall–Kier alpha value is -3.28. The lowest BCUT2D eigenvalue weighted by atomic mass is 10.1. The molecule has 1 fully saturated rings. The van der Waals surface area contributed by atoms with Crippen molar-refractivity contribution in [3.8, 4) is 5.88 Å². The van der Waals surface area contributed by atoms with Crippen molar-refractivity contribution in [1.29, 1.82) is 0 Å². The highest BCUT2D eigenvalue weighted by Crippen LogP contribution is 2.30. The number of fused-ring (bicyclic) bond motifs is 1. The fraction of sp³-hybridized carbons (Fsp3) is 0.273. The van der Waals surface area contributed by atoms with Crippen molar-refractivity contribution >= 4 is 33.9 Å². The average Bonchev–Trinajstić information content (AvgIpc) is 3.03. The lowest BCUT2D eigenvalue weighted by Gasteiger charge is -2.26. The minimum absolute atomic E-state index is 0.0683. The molecule has 0 bridgehead atoms. The highest BCUT2D eigenvalue weighted by Gasteiger charge is 2.18. The molecule has 2 aromatic carbocycles. The Bertz CT molecular complexity index is 1040. The summed E-state index contributed by atoms with van der Waals surface area (Å²) in [6.45, 7) is 3.51. The molecular formula is C22H24N4O2. The van der Waals surface area contributed by atoms with Crippen LogP contribution in [0.5, 0.6) is 5.88 Å². The topological polar surface area (TPSA) is 94.7 Å². The number of hydrogen-bond donors (Lipinski definition) is 3. The van der Waals surface area contributed by atoms with E-state index in [0.717, 1.165) is 42.5 Å². The standard InChI is InChI=1S/C22H24N4O2/c1-14(20-18-13-16(23)7-10-19(18)25-21(20)27)24-17-8-5-15(6-9-17)22(28)26-11-3-2-4-12-26/h5-10,13,25,27H,2-4,11-12,23H2,1H3. The molecule has 0 saturated carbocycles. The van der Waals surface area contributed by atoms with E-state index < -0.39 is 0 Å². The molecule has 1 aliphatic heterocycles. The van der Waals surface area contributed by atoms with Crippen LogP contribution in [-0.2, 0) is 0 Å². The minimum atomic E-state index is 0.0683. The quantitative estimate of drug-likeness (QED) is 0.472. The van der Waals surface area contributed by atoms with Gasteiger partial charge in [-0.05, 0) is 68.7 Å². The molecule has 28 heavy (non-hydrogen) atoms. The first kappa shape index (κ1) is 18.1. The molecule has 1 amide bonds. The predicted octanol–water partition coefficient (Wildman–Crippen LogP) is 4.22. The average molecular weight is 376 g/mol. The molecule has 0 atom stereocenters. The SMILES string of the molecule is CC(=Nc1ccc(C(=O)N2CCCCC2)cc1)c1c(O)[nH]c2ccc(N)cc12. The van der Waals surface area contributed by atoms with Crippen LogP contribution in [0, 0.1) is 0 Å². The van der Waals surface area contributed by atoms with E-state index in [1.807, 2.05) is 48.2 Å². The fourth-order valence-corrected chi connectivity index (χ4v) is 3.77. The molecule has 4 N–H and O–H groups in total. The summed E-state index contributed by atoms with van der Waals surface area (Å²) in [6.07, 6.45) is 3.35. The van der Waals surface area contributed by atoms with E-state index in [9.17, 15) is 9.90 Å². The zero-order chi connectivity index (χ0) is 19.7. The summed E-state index contributed by atoms with van der Waals surface area (Å²) in [5.41, 5.74) is 10.0. The zero-order valence-corrected chi connectivity index (χ0v) is 15.9. The number of nitrogens with two attached hydrogens (primary N) is 1. The molecular weight excluding hydrogens is 352 g/mol. The molecule has 1 aromatic heterocycles. The molecule has 6 heteroatoms. The molecule has 4 rings (SSSR count). The van der Waals surface area contributed by atoms with Crippen LogP contribution in [0.4, 0.5) is 11.4 Å². The normalized spacial score (nSPS) is 15.2. The number of carbonyl (C=O) groups excluding carboxylic acids is 1. The number of rotatable bonds is 3. The summed E-state index contributed by atoms with van der Waals surface area (Å²) in [6, 6.07) is 12.7. The second kappa shape index (κ2) is 7.38. The Morgan fingerprint density at radius 3 is 2.54 bits per heavy atom. The number of carbonyl (C=O) groups is 1. The predicted molar refractivity (Wildman–Crippen MR) is 112 cm³/mol. The van der Waals surface area contributed by atoms with Gasteiger partial charge in [0.1, 0.15) is 0 Å². The van der Waals surface area contributed by atoms with Gasteiger partial charge in [-0.3, -0.25) is 9.79 Å².